The zero-order valence-electron chi connectivity index (χ0n) is 15.6. The Kier molecular flexibility index (Phi) is 4.39. The number of phenolic OH excluding ortho intramolecular Hbond substituents is 1. The van der Waals surface area contributed by atoms with Gasteiger partial charge in [-0.15, -0.1) is 0 Å². The van der Waals surface area contributed by atoms with E-state index in [1.54, 1.807) is 44.6 Å². The summed E-state index contributed by atoms with van der Waals surface area (Å²) in [6.07, 6.45) is 0.487. The van der Waals surface area contributed by atoms with Crippen molar-refractivity contribution in [3.05, 3.63) is 65.2 Å². The van der Waals surface area contributed by atoms with Crippen LogP contribution in [-0.4, -0.2) is 42.6 Å². The molecule has 1 aliphatic heterocycles. The van der Waals surface area contributed by atoms with Crippen molar-refractivity contribution in [2.75, 3.05) is 20.8 Å². The second-order valence-corrected chi connectivity index (χ2v) is 6.56. The molecule has 0 atom stereocenters. The van der Waals surface area contributed by atoms with Crippen molar-refractivity contribution in [1.82, 2.24) is 4.90 Å². The van der Waals surface area contributed by atoms with Crippen molar-refractivity contribution < 1.29 is 24.2 Å². The van der Waals surface area contributed by atoms with E-state index in [0.717, 1.165) is 5.56 Å². The molecule has 3 aromatic carbocycles. The zero-order chi connectivity index (χ0) is 19.8. The van der Waals surface area contributed by atoms with Gasteiger partial charge >= 0.3 is 0 Å². The number of imide groups is 1. The molecule has 3 aromatic rings. The lowest BCUT2D eigenvalue weighted by Gasteiger charge is -2.27. The number of hydrogen-bond donors (Lipinski definition) is 1. The second-order valence-electron chi connectivity index (χ2n) is 6.56. The Hall–Kier alpha value is -3.54. The molecule has 0 radical (unpaired) electrons. The van der Waals surface area contributed by atoms with E-state index in [-0.39, 0.29) is 24.1 Å². The maximum absolute atomic E-state index is 12.9. The van der Waals surface area contributed by atoms with Crippen LogP contribution in [0.1, 0.15) is 26.3 Å². The third kappa shape index (κ3) is 2.74. The fourth-order valence-electron chi connectivity index (χ4n) is 3.61. The highest BCUT2D eigenvalue weighted by molar-refractivity contribution is 6.26. The maximum Gasteiger partial charge on any atom is 0.261 e. The van der Waals surface area contributed by atoms with Crippen molar-refractivity contribution in [2.24, 2.45) is 0 Å². The highest BCUT2D eigenvalue weighted by Crippen LogP contribution is 2.35. The Balaban J connectivity index is 1.65. The summed E-state index contributed by atoms with van der Waals surface area (Å²) in [4.78, 5) is 27.2. The first-order chi connectivity index (χ1) is 13.5. The molecule has 0 aromatic heterocycles. The number of rotatable bonds is 5. The number of methoxy groups -OCH3 is 2. The predicted octanol–water partition coefficient (Wildman–Crippen LogP) is 3.40. The SMILES string of the molecule is COc1ccc(CCN2C(=O)c3cccc4c(O)ccc(c34)C2=O)cc1OC. The van der Waals surface area contributed by atoms with Crippen molar-refractivity contribution >= 4 is 22.6 Å². The van der Waals surface area contributed by atoms with Crippen LogP contribution in [0.2, 0.25) is 0 Å². The molecule has 2 amide bonds. The number of nitrogens with zero attached hydrogens (tertiary/aromatic N) is 1. The number of aromatic hydroxyl groups is 1. The number of benzene rings is 3. The van der Waals surface area contributed by atoms with Gasteiger partial charge in [0.1, 0.15) is 5.75 Å². The molecule has 28 heavy (non-hydrogen) atoms. The van der Waals surface area contributed by atoms with Crippen LogP contribution in [0, 0.1) is 0 Å². The van der Waals surface area contributed by atoms with Gasteiger partial charge in [-0.25, -0.2) is 0 Å². The predicted molar refractivity (Wildman–Crippen MR) is 104 cm³/mol. The first kappa shape index (κ1) is 17.9. The van der Waals surface area contributed by atoms with Crippen molar-refractivity contribution in [3.8, 4) is 17.2 Å². The smallest absolute Gasteiger partial charge is 0.261 e. The fraction of sp³-hybridized carbons (Fsp3) is 0.182. The number of amides is 2. The molecule has 0 fully saturated rings. The van der Waals surface area contributed by atoms with Crippen LogP contribution in [0.25, 0.3) is 10.8 Å². The average molecular weight is 377 g/mol. The van der Waals surface area contributed by atoms with Crippen molar-refractivity contribution in [3.63, 3.8) is 0 Å². The van der Waals surface area contributed by atoms with Gasteiger partial charge < -0.3 is 14.6 Å². The van der Waals surface area contributed by atoms with Crippen LogP contribution in [-0.2, 0) is 6.42 Å². The van der Waals surface area contributed by atoms with E-state index in [2.05, 4.69) is 0 Å². The number of hydrogen-bond acceptors (Lipinski definition) is 5. The van der Waals surface area contributed by atoms with Gasteiger partial charge in [0, 0.05) is 28.4 Å². The zero-order valence-corrected chi connectivity index (χ0v) is 15.6. The molecule has 0 bridgehead atoms. The summed E-state index contributed by atoms with van der Waals surface area (Å²) >= 11 is 0. The lowest BCUT2D eigenvalue weighted by atomic mass is 9.93. The first-order valence-electron chi connectivity index (χ1n) is 8.87. The van der Waals surface area contributed by atoms with Gasteiger partial charge in [-0.2, -0.15) is 0 Å². The fourth-order valence-corrected chi connectivity index (χ4v) is 3.61. The summed E-state index contributed by atoms with van der Waals surface area (Å²) < 4.78 is 10.5. The van der Waals surface area contributed by atoms with E-state index in [1.807, 2.05) is 12.1 Å². The molecule has 6 nitrogen and oxygen atoms in total. The van der Waals surface area contributed by atoms with E-state index in [9.17, 15) is 14.7 Å². The van der Waals surface area contributed by atoms with Gasteiger partial charge in [0.25, 0.3) is 11.8 Å². The Labute approximate surface area is 161 Å². The van der Waals surface area contributed by atoms with E-state index >= 15 is 0 Å². The van der Waals surface area contributed by atoms with Crippen LogP contribution in [0.4, 0.5) is 0 Å². The molecule has 0 spiro atoms. The van der Waals surface area contributed by atoms with Gasteiger partial charge in [-0.05, 0) is 42.3 Å². The summed E-state index contributed by atoms with van der Waals surface area (Å²) in [5, 5.41) is 11.1. The maximum atomic E-state index is 12.9. The molecule has 1 aliphatic rings. The summed E-state index contributed by atoms with van der Waals surface area (Å²) in [5.41, 5.74) is 1.78. The molecule has 6 heteroatoms. The van der Waals surface area contributed by atoms with Crippen LogP contribution >= 0.6 is 0 Å². The van der Waals surface area contributed by atoms with Crippen molar-refractivity contribution in [2.45, 2.75) is 6.42 Å². The molecule has 0 aliphatic carbocycles. The molecule has 0 saturated carbocycles. The van der Waals surface area contributed by atoms with Crippen LogP contribution in [0.3, 0.4) is 0 Å². The summed E-state index contributed by atoms with van der Waals surface area (Å²) in [7, 11) is 3.13. The summed E-state index contributed by atoms with van der Waals surface area (Å²) in [6.45, 7) is 0.240. The van der Waals surface area contributed by atoms with E-state index < -0.39 is 0 Å². The van der Waals surface area contributed by atoms with Gasteiger partial charge in [0.2, 0.25) is 0 Å². The molecule has 0 saturated heterocycles. The Morgan fingerprint density at radius 3 is 2.32 bits per heavy atom. The lowest BCUT2D eigenvalue weighted by molar-refractivity contribution is 0.0612. The van der Waals surface area contributed by atoms with Crippen LogP contribution in [0.5, 0.6) is 17.2 Å². The third-order valence-corrected chi connectivity index (χ3v) is 5.04. The van der Waals surface area contributed by atoms with E-state index in [1.165, 1.54) is 11.0 Å². The topological polar surface area (TPSA) is 76.1 Å². The standard InChI is InChI=1S/C22H19NO5/c1-27-18-9-6-13(12-19(18)28-2)10-11-23-21(25)15-5-3-4-14-17(24)8-7-16(20(14)15)22(23)26/h3-9,12,24H,10-11H2,1-2H3. The molecular weight excluding hydrogens is 358 g/mol. The molecule has 142 valence electrons. The second kappa shape index (κ2) is 6.88. The number of carbonyl (C=O) groups excluding carboxylic acids is 2. The third-order valence-electron chi connectivity index (χ3n) is 5.04. The Bertz CT molecular complexity index is 1080. The van der Waals surface area contributed by atoms with E-state index in [0.29, 0.717) is 39.8 Å². The highest BCUT2D eigenvalue weighted by Gasteiger charge is 2.33. The lowest BCUT2D eigenvalue weighted by Crippen LogP contribution is -2.41. The van der Waals surface area contributed by atoms with Gasteiger partial charge in [-0.1, -0.05) is 18.2 Å². The molecule has 1 N–H and O–H groups in total. The number of carbonyl (C=O) groups is 2. The minimum atomic E-state index is -0.353. The summed E-state index contributed by atoms with van der Waals surface area (Å²) in [5.74, 6) is 0.571. The minimum Gasteiger partial charge on any atom is -0.507 e. The number of ether oxygens (including phenoxy) is 2. The molecular formula is C22H19NO5. The van der Waals surface area contributed by atoms with Crippen LogP contribution < -0.4 is 9.47 Å². The average Bonchev–Trinajstić information content (AvgIpc) is 2.72. The Morgan fingerprint density at radius 1 is 0.893 bits per heavy atom. The number of phenols is 1. The highest BCUT2D eigenvalue weighted by atomic mass is 16.5. The van der Waals surface area contributed by atoms with Gasteiger partial charge in [0.05, 0.1) is 14.2 Å². The largest absolute Gasteiger partial charge is 0.507 e. The Morgan fingerprint density at radius 2 is 1.61 bits per heavy atom. The minimum absolute atomic E-state index is 0.0555. The monoisotopic (exact) mass is 377 g/mol. The first-order valence-corrected chi connectivity index (χ1v) is 8.87. The molecule has 0 unspecified atom stereocenters. The van der Waals surface area contributed by atoms with Gasteiger partial charge in [0.15, 0.2) is 11.5 Å². The quantitative estimate of drug-likeness (QED) is 0.690. The van der Waals surface area contributed by atoms with E-state index in [4.69, 9.17) is 9.47 Å². The van der Waals surface area contributed by atoms with Crippen LogP contribution in [0.15, 0.2) is 48.5 Å². The van der Waals surface area contributed by atoms with Crippen molar-refractivity contribution in [1.29, 1.82) is 0 Å². The molecule has 4 rings (SSSR count). The molecule has 1 heterocycles. The normalized spacial score (nSPS) is 13.1. The van der Waals surface area contributed by atoms with Gasteiger partial charge in [-0.3, -0.25) is 14.5 Å². The summed E-state index contributed by atoms with van der Waals surface area (Å²) in [6, 6.07) is 13.7.